The van der Waals surface area contributed by atoms with Crippen molar-refractivity contribution in [1.29, 1.82) is 0 Å². The number of nitrogens with zero attached hydrogens (tertiary/aromatic N) is 2. The first kappa shape index (κ1) is 20.2. The van der Waals surface area contributed by atoms with Crippen LogP contribution in [0.2, 0.25) is 0 Å². The molecule has 1 aromatic heterocycles. The maximum absolute atomic E-state index is 12.9. The van der Waals surface area contributed by atoms with Crippen molar-refractivity contribution in [2.45, 2.75) is 19.8 Å². The van der Waals surface area contributed by atoms with E-state index >= 15 is 0 Å². The van der Waals surface area contributed by atoms with Crippen LogP contribution in [-0.4, -0.2) is 34.3 Å². The van der Waals surface area contributed by atoms with Gasteiger partial charge in [0.25, 0.3) is 0 Å². The Morgan fingerprint density at radius 2 is 1.90 bits per heavy atom. The summed E-state index contributed by atoms with van der Waals surface area (Å²) in [7, 11) is 0. The van der Waals surface area contributed by atoms with Crippen LogP contribution in [0, 0.1) is 5.92 Å². The van der Waals surface area contributed by atoms with Gasteiger partial charge in [0, 0.05) is 29.7 Å². The van der Waals surface area contributed by atoms with Crippen molar-refractivity contribution in [3.8, 4) is 0 Å². The summed E-state index contributed by atoms with van der Waals surface area (Å²) in [6, 6.07) is 13.1. The van der Waals surface area contributed by atoms with Crippen molar-refractivity contribution in [1.82, 2.24) is 4.98 Å². The number of carboxylic acids is 1. The predicted molar refractivity (Wildman–Crippen MR) is 110 cm³/mol. The molecule has 29 heavy (non-hydrogen) atoms. The van der Waals surface area contributed by atoms with E-state index in [2.05, 4.69) is 9.98 Å². The van der Waals surface area contributed by atoms with E-state index in [1.165, 1.54) is 0 Å². The van der Waals surface area contributed by atoms with Crippen molar-refractivity contribution >= 4 is 23.7 Å². The molecule has 0 radical (unpaired) electrons. The number of hydrogen-bond donors (Lipinski definition) is 1. The molecule has 1 N–H and O–H groups in total. The van der Waals surface area contributed by atoms with E-state index in [-0.39, 0.29) is 12.2 Å². The summed E-state index contributed by atoms with van der Waals surface area (Å²) in [5.41, 5.74) is 2.80. The van der Waals surface area contributed by atoms with E-state index in [0.29, 0.717) is 17.0 Å². The molecule has 2 heterocycles. The number of ether oxygens (including phenoxy) is 1. The molecular formula is C23H22N2O4. The van der Waals surface area contributed by atoms with Gasteiger partial charge in [-0.2, -0.15) is 0 Å². The minimum Gasteiger partial charge on any atom is -0.481 e. The molecular weight excluding hydrogens is 368 g/mol. The molecule has 0 fully saturated rings. The molecule has 3 rings (SSSR count). The molecule has 1 aromatic carbocycles. The first-order valence-corrected chi connectivity index (χ1v) is 9.26. The molecule has 0 spiro atoms. The number of allylic oxidation sites excluding steroid dienone is 1. The fraction of sp³-hybridized carbons (Fsp3) is 0.217. The lowest BCUT2D eigenvalue weighted by Crippen LogP contribution is -2.35. The normalized spacial score (nSPS) is 19.2. The highest BCUT2D eigenvalue weighted by atomic mass is 16.5. The van der Waals surface area contributed by atoms with Crippen LogP contribution >= 0.6 is 0 Å². The van der Waals surface area contributed by atoms with E-state index in [1.54, 1.807) is 44.4 Å². The molecule has 6 nitrogen and oxygen atoms in total. The number of esters is 1. The number of aliphatic imine (C=N–C) groups is 1. The summed E-state index contributed by atoms with van der Waals surface area (Å²) in [5, 5.41) is 9.78. The lowest BCUT2D eigenvalue weighted by Gasteiger charge is -2.30. The van der Waals surface area contributed by atoms with Crippen LogP contribution in [0.3, 0.4) is 0 Å². The second kappa shape index (κ2) is 9.10. The lowest BCUT2D eigenvalue weighted by atomic mass is 9.76. The fourth-order valence-electron chi connectivity index (χ4n) is 3.49. The third kappa shape index (κ3) is 4.66. The Kier molecular flexibility index (Phi) is 6.34. The van der Waals surface area contributed by atoms with Crippen LogP contribution in [0.1, 0.15) is 30.9 Å². The largest absolute Gasteiger partial charge is 0.481 e. The van der Waals surface area contributed by atoms with E-state index in [4.69, 9.17) is 4.74 Å². The minimum absolute atomic E-state index is 0.0741. The Bertz CT molecular complexity index is 978. The quantitative estimate of drug-likeness (QED) is 0.757. The number of hydrogen-bond acceptors (Lipinski definition) is 5. The van der Waals surface area contributed by atoms with Gasteiger partial charge in [0.15, 0.2) is 0 Å². The summed E-state index contributed by atoms with van der Waals surface area (Å²) in [6.45, 7) is 3.43. The second-order valence-electron chi connectivity index (χ2n) is 6.74. The van der Waals surface area contributed by atoms with Gasteiger partial charge in [0.1, 0.15) is 12.5 Å². The van der Waals surface area contributed by atoms with Gasteiger partial charge >= 0.3 is 11.9 Å². The maximum Gasteiger partial charge on any atom is 0.336 e. The van der Waals surface area contributed by atoms with E-state index in [1.807, 2.05) is 36.4 Å². The topological polar surface area (TPSA) is 88.9 Å². The SMILES string of the molecule is CC1=NC(C)=C(C(=O)OCC=Cc2ccccc2)C(c2cccnc2)C1C(=O)O. The van der Waals surface area contributed by atoms with Crippen LogP contribution in [0.15, 0.2) is 77.2 Å². The highest BCUT2D eigenvalue weighted by Gasteiger charge is 2.41. The van der Waals surface area contributed by atoms with Crippen molar-refractivity contribution in [3.63, 3.8) is 0 Å². The lowest BCUT2D eigenvalue weighted by molar-refractivity contribution is -0.140. The number of carbonyl (C=O) groups excluding carboxylic acids is 1. The Hall–Kier alpha value is -3.54. The summed E-state index contributed by atoms with van der Waals surface area (Å²) >= 11 is 0. The highest BCUT2D eigenvalue weighted by Crippen LogP contribution is 2.39. The van der Waals surface area contributed by atoms with Gasteiger partial charge in [0.2, 0.25) is 0 Å². The third-order valence-corrected chi connectivity index (χ3v) is 4.78. The van der Waals surface area contributed by atoms with Crippen LogP contribution in [0.4, 0.5) is 0 Å². The zero-order valence-electron chi connectivity index (χ0n) is 16.3. The van der Waals surface area contributed by atoms with Gasteiger partial charge in [-0.15, -0.1) is 0 Å². The van der Waals surface area contributed by atoms with E-state index in [0.717, 1.165) is 5.56 Å². The summed E-state index contributed by atoms with van der Waals surface area (Å²) in [6.07, 6.45) is 6.78. The van der Waals surface area contributed by atoms with Crippen molar-refractivity contribution in [2.75, 3.05) is 6.61 Å². The Balaban J connectivity index is 1.85. The fourth-order valence-corrected chi connectivity index (χ4v) is 3.49. The number of benzene rings is 1. The monoisotopic (exact) mass is 390 g/mol. The molecule has 148 valence electrons. The standard InChI is InChI=1S/C23H22N2O4/c1-15-19(22(26)27)21(18-11-6-12-24-14-18)20(16(2)25-15)23(28)29-13-7-10-17-8-4-3-5-9-17/h3-12,14,19,21H,13H2,1-2H3,(H,26,27). The number of carbonyl (C=O) groups is 2. The molecule has 2 atom stereocenters. The van der Waals surface area contributed by atoms with E-state index < -0.39 is 23.8 Å². The average molecular weight is 390 g/mol. The average Bonchev–Trinajstić information content (AvgIpc) is 2.71. The predicted octanol–water partition coefficient (Wildman–Crippen LogP) is 3.87. The number of carboxylic acid groups (broad SMARTS) is 1. The second-order valence-corrected chi connectivity index (χ2v) is 6.74. The van der Waals surface area contributed by atoms with Crippen molar-refractivity contribution in [3.05, 3.63) is 83.3 Å². The van der Waals surface area contributed by atoms with Gasteiger partial charge < -0.3 is 9.84 Å². The number of aliphatic carboxylic acids is 1. The minimum atomic E-state index is -1.04. The molecule has 6 heteroatoms. The summed E-state index contributed by atoms with van der Waals surface area (Å²) in [4.78, 5) is 33.2. The highest BCUT2D eigenvalue weighted by molar-refractivity contribution is 6.06. The van der Waals surface area contributed by atoms with Crippen LogP contribution < -0.4 is 0 Å². The van der Waals surface area contributed by atoms with Crippen LogP contribution in [0.25, 0.3) is 6.08 Å². The first-order valence-electron chi connectivity index (χ1n) is 9.26. The smallest absolute Gasteiger partial charge is 0.336 e. The zero-order valence-corrected chi connectivity index (χ0v) is 16.3. The van der Waals surface area contributed by atoms with Gasteiger partial charge in [-0.1, -0.05) is 42.5 Å². The molecule has 1 aliphatic rings. The number of rotatable bonds is 6. The molecule has 2 unspecified atom stereocenters. The van der Waals surface area contributed by atoms with Crippen LogP contribution in [-0.2, 0) is 14.3 Å². The number of aromatic nitrogens is 1. The molecule has 0 aliphatic carbocycles. The molecule has 0 saturated heterocycles. The Morgan fingerprint density at radius 1 is 1.14 bits per heavy atom. The van der Waals surface area contributed by atoms with Gasteiger partial charge in [0.05, 0.1) is 5.57 Å². The summed E-state index contributed by atoms with van der Waals surface area (Å²) < 4.78 is 5.42. The first-order chi connectivity index (χ1) is 14.0. The zero-order chi connectivity index (χ0) is 20.8. The molecule has 0 bridgehead atoms. The molecule has 0 amide bonds. The Labute approximate surface area is 169 Å². The molecule has 1 aliphatic heterocycles. The molecule has 2 aromatic rings. The van der Waals surface area contributed by atoms with Gasteiger partial charge in [-0.25, -0.2) is 4.79 Å². The number of pyridine rings is 1. The van der Waals surface area contributed by atoms with E-state index in [9.17, 15) is 14.7 Å². The molecule has 0 saturated carbocycles. The summed E-state index contributed by atoms with van der Waals surface area (Å²) in [5.74, 6) is -3.27. The van der Waals surface area contributed by atoms with Gasteiger partial charge in [-0.05, 0) is 37.1 Å². The van der Waals surface area contributed by atoms with Crippen molar-refractivity contribution < 1.29 is 19.4 Å². The third-order valence-electron chi connectivity index (χ3n) is 4.78. The maximum atomic E-state index is 12.9. The van der Waals surface area contributed by atoms with Crippen LogP contribution in [0.5, 0.6) is 0 Å². The van der Waals surface area contributed by atoms with Gasteiger partial charge in [-0.3, -0.25) is 14.8 Å². The van der Waals surface area contributed by atoms with Crippen molar-refractivity contribution in [2.24, 2.45) is 10.9 Å². The Morgan fingerprint density at radius 3 is 2.55 bits per heavy atom.